The topological polar surface area (TPSA) is 430 Å². The predicted molar refractivity (Wildman–Crippen MR) is 418 cm³/mol. The first-order valence-electron chi connectivity index (χ1n) is 33.6. The fraction of sp³-hybridized carbons (Fsp3) is 0.247. The molecule has 6 heterocycles. The molecule has 0 atom stereocenters. The number of guanidine groups is 1. The van der Waals surface area contributed by atoms with Gasteiger partial charge in [0.25, 0.3) is 5.91 Å². The van der Waals surface area contributed by atoms with Crippen LogP contribution in [0, 0.1) is 27.7 Å². The van der Waals surface area contributed by atoms with Crippen LogP contribution >= 0.6 is 0 Å². The molecule has 0 saturated carbocycles. The first-order valence-corrected chi connectivity index (χ1v) is 33.6. The van der Waals surface area contributed by atoms with E-state index in [1.807, 2.05) is 144 Å². The Hall–Kier alpha value is -13.3. The second kappa shape index (κ2) is 38.6. The summed E-state index contributed by atoms with van der Waals surface area (Å²) in [5, 5.41) is 26.6. The third kappa shape index (κ3) is 23.6. The fourth-order valence-electron chi connectivity index (χ4n) is 10.5. The molecule has 0 spiro atoms. The molecule has 1 amide bonds. The van der Waals surface area contributed by atoms with E-state index < -0.39 is 11.9 Å². The SMILES string of the molecule is CC(=O)c1cnc(C)n1C(C)C.Cc1ncc(-c2ccnc(Nc3ccc(C(=O)Nc4ccccc4N)cc3)n2)n1C(C)C.Cc1ncc(-c2ccnc(Nc3ccc(C(=O)O)cc3)n2)n1C(C)C.Cc1ncc(C(=O)/C=C/N(C)C)n1C(C)C.NC(N)=Nc1ccc(C(=O)O)cc1.Nc1ccccc1N. The van der Waals surface area contributed by atoms with E-state index in [2.05, 4.69) is 97.6 Å². The van der Waals surface area contributed by atoms with E-state index in [9.17, 15) is 24.0 Å². The molecule has 29 nitrogen and oxygen atoms in total. The summed E-state index contributed by atoms with van der Waals surface area (Å²) in [7, 11) is 3.77. The Morgan fingerprint density at radius 3 is 1.24 bits per heavy atom. The molecule has 15 N–H and O–H groups in total. The highest BCUT2D eigenvalue weighted by atomic mass is 16.4. The van der Waals surface area contributed by atoms with Crippen LogP contribution in [0.1, 0.15) is 162 Å². The quantitative estimate of drug-likeness (QED) is 0.0118. The number of aliphatic imine (C=N–C) groups is 1. The van der Waals surface area contributed by atoms with Crippen molar-refractivity contribution in [2.45, 2.75) is 114 Å². The minimum absolute atomic E-state index is 0.0111. The summed E-state index contributed by atoms with van der Waals surface area (Å²) in [5.74, 6) is 2.39. The van der Waals surface area contributed by atoms with Gasteiger partial charge in [-0.15, -0.1) is 0 Å². The maximum absolute atomic E-state index is 12.5. The minimum Gasteiger partial charge on any atom is -0.478 e. The molecule has 554 valence electrons. The number of para-hydroxylation sites is 4. The number of carboxylic acid groups (broad SMARTS) is 2. The zero-order chi connectivity index (χ0) is 78.1. The number of rotatable bonds is 19. The molecular formula is C77H94N22O7. The normalized spacial score (nSPS) is 10.6. The van der Waals surface area contributed by atoms with E-state index in [1.54, 1.807) is 92.5 Å². The number of imidazole rings is 4. The Labute approximate surface area is 616 Å². The number of allylic oxidation sites excluding steroid dienone is 1. The molecule has 0 unspecified atom stereocenters. The van der Waals surface area contributed by atoms with Crippen LogP contribution in [0.15, 0.2) is 188 Å². The molecular weight excluding hydrogens is 1340 g/mol. The summed E-state index contributed by atoms with van der Waals surface area (Å²) >= 11 is 0. The number of carbonyl (C=O) groups excluding carboxylic acids is 3. The molecule has 11 aromatic rings. The lowest BCUT2D eigenvalue weighted by atomic mass is 10.2. The van der Waals surface area contributed by atoms with Gasteiger partial charge in [-0.05, 0) is 192 Å². The van der Waals surface area contributed by atoms with Crippen LogP contribution in [0.5, 0.6) is 0 Å². The Balaban J connectivity index is 0.000000211. The maximum atomic E-state index is 12.5. The number of hydrogen-bond donors (Lipinski definition) is 10. The number of hydrogen-bond acceptors (Lipinski definition) is 20. The van der Waals surface area contributed by atoms with Gasteiger partial charge in [0.05, 0.1) is 87.1 Å². The van der Waals surface area contributed by atoms with Crippen LogP contribution in [0.2, 0.25) is 0 Å². The monoisotopic (exact) mass is 1440 g/mol. The second-order valence-corrected chi connectivity index (χ2v) is 25.1. The van der Waals surface area contributed by atoms with Crippen LogP contribution in [-0.2, 0) is 0 Å². The third-order valence-corrected chi connectivity index (χ3v) is 15.3. The number of nitrogens with two attached hydrogens (primary N) is 5. The fourth-order valence-corrected chi connectivity index (χ4v) is 10.5. The number of aromatic nitrogens is 12. The Morgan fingerprint density at radius 1 is 0.481 bits per heavy atom. The Kier molecular flexibility index (Phi) is 29.7. The second-order valence-electron chi connectivity index (χ2n) is 25.1. The molecule has 0 bridgehead atoms. The number of carbonyl (C=O) groups is 5. The van der Waals surface area contributed by atoms with Crippen molar-refractivity contribution in [2.75, 3.05) is 47.2 Å². The van der Waals surface area contributed by atoms with Crippen LogP contribution in [-0.4, -0.2) is 123 Å². The van der Waals surface area contributed by atoms with Gasteiger partial charge in [-0.1, -0.05) is 24.3 Å². The van der Waals surface area contributed by atoms with Gasteiger partial charge in [-0.3, -0.25) is 14.4 Å². The van der Waals surface area contributed by atoms with Crippen LogP contribution in [0.3, 0.4) is 0 Å². The number of nitrogens with zero attached hydrogens (tertiary/aromatic N) is 14. The molecule has 0 aliphatic rings. The van der Waals surface area contributed by atoms with E-state index >= 15 is 0 Å². The molecule has 0 saturated heterocycles. The molecule has 5 aromatic carbocycles. The highest BCUT2D eigenvalue weighted by Gasteiger charge is 2.18. The van der Waals surface area contributed by atoms with Gasteiger partial charge in [0, 0.05) is 86.8 Å². The first-order chi connectivity index (χ1) is 50.2. The highest BCUT2D eigenvalue weighted by Crippen LogP contribution is 2.28. The number of Topliss-reactive ketones (excluding diaryl/α,β-unsaturated/α-hetero) is 1. The third-order valence-electron chi connectivity index (χ3n) is 15.3. The number of aromatic carboxylic acids is 2. The van der Waals surface area contributed by atoms with Gasteiger partial charge in [-0.2, -0.15) is 0 Å². The Morgan fingerprint density at radius 2 is 0.858 bits per heavy atom. The van der Waals surface area contributed by atoms with Crippen molar-refractivity contribution in [3.8, 4) is 22.8 Å². The summed E-state index contributed by atoms with van der Waals surface area (Å²) in [5.41, 5.74) is 37.1. The smallest absolute Gasteiger partial charge is 0.335 e. The molecule has 6 aromatic heterocycles. The lowest BCUT2D eigenvalue weighted by Gasteiger charge is -2.14. The minimum atomic E-state index is -0.976. The largest absolute Gasteiger partial charge is 0.478 e. The van der Waals surface area contributed by atoms with Gasteiger partial charge in [0.2, 0.25) is 17.7 Å². The maximum Gasteiger partial charge on any atom is 0.335 e. The average Bonchev–Trinajstić information content (AvgIpc) is 1.63. The van der Waals surface area contributed by atoms with Crippen molar-refractivity contribution < 1.29 is 34.2 Å². The number of nitrogens with one attached hydrogen (secondary N) is 3. The zero-order valence-corrected chi connectivity index (χ0v) is 62.2. The lowest BCUT2D eigenvalue weighted by molar-refractivity contribution is 0.0686. The van der Waals surface area contributed by atoms with Gasteiger partial charge in [0.15, 0.2) is 11.7 Å². The average molecular weight is 1440 g/mol. The van der Waals surface area contributed by atoms with Gasteiger partial charge in [0.1, 0.15) is 34.7 Å². The summed E-state index contributed by atoms with van der Waals surface area (Å²) in [6.45, 7) is 25.9. The standard InChI is InChI=1S/C24H25N7O.C18H19N5O2.C12H19N3O.C9H14N2O.C8H9N3O2.C6H8N2/c1-15(2)31-16(3)27-14-22(31)21-12-13-26-24(30-21)28-18-10-8-17(9-11-18)23(32)29-20-7-5-4-6-19(20)25;1-11(2)23-12(3)20-10-16(23)15-8-9-19-18(22-15)21-14-6-4-13(5-7-14)17(24)25;1-9(2)15-10(3)13-8-11(15)12(16)6-7-14(4)5;1-6(2)11-8(4)10-5-9(11)7(3)12;9-8(10)11-6-3-1-5(2-4-6)7(12)13;7-5-3-1-2-4-6(5)8/h4-15H,25H2,1-3H3,(H,29,32)(H,26,28,30);4-11H,1-3H3,(H,24,25)(H,19,21,22);6-9H,1-5H3;5-6H,1-4H3;1-4H,(H,12,13)(H4,9,10,11);1-4H,7-8H2/b;;7-6+;;;. The molecule has 0 radical (unpaired) electrons. The first kappa shape index (κ1) is 81.6. The molecule has 0 aliphatic heterocycles. The van der Waals surface area contributed by atoms with E-state index in [-0.39, 0.29) is 52.7 Å². The molecule has 29 heteroatoms. The van der Waals surface area contributed by atoms with Crippen molar-refractivity contribution in [2.24, 2.45) is 16.5 Å². The van der Waals surface area contributed by atoms with Crippen LogP contribution < -0.4 is 44.6 Å². The van der Waals surface area contributed by atoms with E-state index in [0.717, 1.165) is 57.4 Å². The number of ketones is 2. The van der Waals surface area contributed by atoms with Crippen molar-refractivity contribution in [1.29, 1.82) is 0 Å². The van der Waals surface area contributed by atoms with E-state index in [1.165, 1.54) is 36.4 Å². The number of amides is 1. The molecule has 0 fully saturated rings. The van der Waals surface area contributed by atoms with Crippen LogP contribution in [0.25, 0.3) is 22.8 Å². The van der Waals surface area contributed by atoms with Crippen molar-refractivity contribution >= 4 is 87.1 Å². The van der Waals surface area contributed by atoms with E-state index in [4.69, 9.17) is 38.9 Å². The Bertz CT molecular complexity index is 4790. The summed E-state index contributed by atoms with van der Waals surface area (Å²) in [6, 6.07) is 38.6. The van der Waals surface area contributed by atoms with Crippen molar-refractivity contribution in [1.82, 2.24) is 63.0 Å². The van der Waals surface area contributed by atoms with Gasteiger partial charge >= 0.3 is 11.9 Å². The van der Waals surface area contributed by atoms with Gasteiger partial charge in [-0.25, -0.2) is 54.5 Å². The molecule has 106 heavy (non-hydrogen) atoms. The van der Waals surface area contributed by atoms with Crippen molar-refractivity contribution in [3.63, 3.8) is 0 Å². The lowest BCUT2D eigenvalue weighted by Crippen LogP contribution is -2.21. The zero-order valence-electron chi connectivity index (χ0n) is 62.2. The summed E-state index contributed by atoms with van der Waals surface area (Å²) in [4.78, 5) is 97.3. The number of benzene rings is 5. The highest BCUT2D eigenvalue weighted by molar-refractivity contribution is 6.06. The predicted octanol–water partition coefficient (Wildman–Crippen LogP) is 13.6. The molecule has 0 aliphatic carbocycles. The number of carboxylic acids is 2. The molecule has 11 rings (SSSR count). The van der Waals surface area contributed by atoms with Crippen LogP contribution in [0.4, 0.5) is 51.7 Å². The van der Waals surface area contributed by atoms with E-state index in [0.29, 0.717) is 63.3 Å². The van der Waals surface area contributed by atoms with Crippen molar-refractivity contribution in [3.05, 3.63) is 234 Å². The van der Waals surface area contributed by atoms with Gasteiger partial charge < -0.3 is 78.0 Å². The summed E-state index contributed by atoms with van der Waals surface area (Å²) < 4.78 is 8.15. The number of nitrogen functional groups attached to an aromatic ring is 3. The number of anilines is 8. The summed E-state index contributed by atoms with van der Waals surface area (Å²) in [6.07, 6.45) is 13.6. The number of aryl methyl sites for hydroxylation is 4.